The predicted molar refractivity (Wildman–Crippen MR) is 77.4 cm³/mol. The lowest BCUT2D eigenvalue weighted by Gasteiger charge is -2.10. The van der Waals surface area contributed by atoms with Gasteiger partial charge in [-0.2, -0.15) is 0 Å². The molecule has 0 radical (unpaired) electrons. The zero-order chi connectivity index (χ0) is 13.7. The molecule has 2 N–H and O–H groups in total. The van der Waals surface area contributed by atoms with E-state index >= 15 is 0 Å². The molecule has 0 aliphatic heterocycles. The second-order valence-corrected chi connectivity index (χ2v) is 5.05. The first-order chi connectivity index (χ1) is 9.22. The number of hydrogen-bond donors (Lipinski definition) is 2. The number of benzene rings is 2. The predicted octanol–water partition coefficient (Wildman–Crippen LogP) is 3.27. The van der Waals surface area contributed by atoms with Gasteiger partial charge in [0.05, 0.1) is 6.61 Å². The quantitative estimate of drug-likeness (QED) is 0.888. The van der Waals surface area contributed by atoms with Gasteiger partial charge in [-0.25, -0.2) is 0 Å². The molecule has 0 spiro atoms. The van der Waals surface area contributed by atoms with Crippen LogP contribution in [0.25, 0.3) is 0 Å². The van der Waals surface area contributed by atoms with Gasteiger partial charge < -0.3 is 14.9 Å². The molecule has 2 aromatic rings. The van der Waals surface area contributed by atoms with E-state index in [1.807, 2.05) is 42.5 Å². The second kappa shape index (κ2) is 6.70. The Balaban J connectivity index is 2.16. The topological polar surface area (TPSA) is 49.7 Å². The summed E-state index contributed by atoms with van der Waals surface area (Å²) in [6, 6.07) is 13.1. The molecular formula is C15H15BrO3. The number of halogens is 1. The largest absolute Gasteiger partial charge is 0.457 e. The summed E-state index contributed by atoms with van der Waals surface area (Å²) < 4.78 is 6.65. The normalized spacial score (nSPS) is 10.5. The number of aliphatic hydroxyl groups excluding tert-OH is 2. The Bertz CT molecular complexity index is 538. The molecule has 0 aliphatic carbocycles. The van der Waals surface area contributed by atoms with E-state index in [1.54, 1.807) is 0 Å². The monoisotopic (exact) mass is 322 g/mol. The molecule has 0 atom stereocenters. The minimum atomic E-state index is -0.0721. The van der Waals surface area contributed by atoms with E-state index in [9.17, 15) is 5.11 Å². The van der Waals surface area contributed by atoms with Crippen molar-refractivity contribution in [1.29, 1.82) is 0 Å². The number of rotatable bonds is 5. The molecule has 2 rings (SSSR count). The van der Waals surface area contributed by atoms with Crippen LogP contribution in [-0.4, -0.2) is 16.8 Å². The number of hydrogen-bond acceptors (Lipinski definition) is 3. The number of ether oxygens (including phenoxy) is 1. The van der Waals surface area contributed by atoms with Crippen molar-refractivity contribution in [2.24, 2.45) is 0 Å². The second-order valence-electron chi connectivity index (χ2n) is 4.13. The van der Waals surface area contributed by atoms with Crippen molar-refractivity contribution in [3.05, 3.63) is 58.1 Å². The van der Waals surface area contributed by atoms with E-state index in [1.165, 1.54) is 0 Å². The molecule has 100 valence electrons. The lowest BCUT2D eigenvalue weighted by atomic mass is 10.1. The molecule has 0 heterocycles. The smallest absolute Gasteiger partial charge is 0.133 e. The SMILES string of the molecule is OCCc1ccc(Oc2ccc(Br)cc2CO)cc1. The van der Waals surface area contributed by atoms with Crippen LogP contribution in [0.3, 0.4) is 0 Å². The minimum absolute atomic E-state index is 0.0721. The van der Waals surface area contributed by atoms with E-state index in [0.29, 0.717) is 17.9 Å². The molecule has 0 unspecified atom stereocenters. The van der Waals surface area contributed by atoms with Crippen LogP contribution >= 0.6 is 15.9 Å². The zero-order valence-electron chi connectivity index (χ0n) is 10.3. The maximum atomic E-state index is 9.31. The molecule has 4 heteroatoms. The van der Waals surface area contributed by atoms with Gasteiger partial charge in [-0.1, -0.05) is 28.1 Å². The summed E-state index contributed by atoms with van der Waals surface area (Å²) in [7, 11) is 0. The summed E-state index contributed by atoms with van der Waals surface area (Å²) in [4.78, 5) is 0. The third-order valence-electron chi connectivity index (χ3n) is 2.74. The first kappa shape index (κ1) is 14.1. The first-order valence-electron chi connectivity index (χ1n) is 6.00. The molecule has 3 nitrogen and oxygen atoms in total. The third-order valence-corrected chi connectivity index (χ3v) is 3.24. The highest BCUT2D eigenvalue weighted by Gasteiger charge is 2.05. The van der Waals surface area contributed by atoms with Crippen molar-refractivity contribution in [2.45, 2.75) is 13.0 Å². The Morgan fingerprint density at radius 2 is 1.74 bits per heavy atom. The van der Waals surface area contributed by atoms with Crippen molar-refractivity contribution in [1.82, 2.24) is 0 Å². The van der Waals surface area contributed by atoms with Crippen LogP contribution in [0.5, 0.6) is 11.5 Å². The molecule has 0 fully saturated rings. The van der Waals surface area contributed by atoms with Gasteiger partial charge in [-0.15, -0.1) is 0 Å². The van der Waals surface area contributed by atoms with Gasteiger partial charge in [0.25, 0.3) is 0 Å². The van der Waals surface area contributed by atoms with E-state index in [2.05, 4.69) is 15.9 Å². The van der Waals surface area contributed by atoms with Crippen molar-refractivity contribution in [2.75, 3.05) is 6.61 Å². The van der Waals surface area contributed by atoms with Crippen molar-refractivity contribution >= 4 is 15.9 Å². The summed E-state index contributed by atoms with van der Waals surface area (Å²) in [5.41, 5.74) is 1.79. The van der Waals surface area contributed by atoms with Gasteiger partial charge in [-0.05, 0) is 42.3 Å². The maximum Gasteiger partial charge on any atom is 0.133 e. The molecule has 0 aromatic heterocycles. The maximum absolute atomic E-state index is 9.31. The molecule has 0 saturated heterocycles. The van der Waals surface area contributed by atoms with Gasteiger partial charge in [-0.3, -0.25) is 0 Å². The zero-order valence-corrected chi connectivity index (χ0v) is 11.9. The standard InChI is InChI=1S/C15H15BrO3/c16-13-3-6-15(12(9-13)10-18)19-14-4-1-11(2-5-14)7-8-17/h1-6,9,17-18H,7-8,10H2. The van der Waals surface area contributed by atoms with Crippen LogP contribution < -0.4 is 4.74 Å². The molecule has 19 heavy (non-hydrogen) atoms. The Morgan fingerprint density at radius 1 is 1.00 bits per heavy atom. The third kappa shape index (κ3) is 3.80. The van der Waals surface area contributed by atoms with Crippen LogP contribution in [0.1, 0.15) is 11.1 Å². The Labute approximate surface area is 120 Å². The fourth-order valence-electron chi connectivity index (χ4n) is 1.75. The molecule has 2 aromatic carbocycles. The highest BCUT2D eigenvalue weighted by atomic mass is 79.9. The minimum Gasteiger partial charge on any atom is -0.457 e. The molecule has 0 saturated carbocycles. The highest BCUT2D eigenvalue weighted by molar-refractivity contribution is 9.10. The van der Waals surface area contributed by atoms with Crippen LogP contribution in [0.4, 0.5) is 0 Å². The fourth-order valence-corrected chi connectivity index (χ4v) is 2.16. The van der Waals surface area contributed by atoms with Gasteiger partial charge in [0.2, 0.25) is 0 Å². The lowest BCUT2D eigenvalue weighted by Crippen LogP contribution is -1.93. The summed E-state index contributed by atoms with van der Waals surface area (Å²) >= 11 is 3.36. The Hall–Kier alpha value is -1.36. The summed E-state index contributed by atoms with van der Waals surface area (Å²) in [5.74, 6) is 1.35. The summed E-state index contributed by atoms with van der Waals surface area (Å²) in [6.07, 6.45) is 0.639. The highest BCUT2D eigenvalue weighted by Crippen LogP contribution is 2.28. The molecule has 0 bridgehead atoms. The molecular weight excluding hydrogens is 308 g/mol. The average Bonchev–Trinajstić information content (AvgIpc) is 2.43. The number of aliphatic hydroxyl groups is 2. The van der Waals surface area contributed by atoms with Gasteiger partial charge in [0.15, 0.2) is 0 Å². The van der Waals surface area contributed by atoms with Crippen LogP contribution in [0, 0.1) is 0 Å². The van der Waals surface area contributed by atoms with Gasteiger partial charge in [0, 0.05) is 16.6 Å². The molecule has 0 aliphatic rings. The summed E-state index contributed by atoms with van der Waals surface area (Å²) in [5, 5.41) is 18.2. The van der Waals surface area contributed by atoms with Crippen LogP contribution in [0.15, 0.2) is 46.9 Å². The van der Waals surface area contributed by atoms with Crippen LogP contribution in [0.2, 0.25) is 0 Å². The van der Waals surface area contributed by atoms with Crippen molar-refractivity contribution in [3.63, 3.8) is 0 Å². The lowest BCUT2D eigenvalue weighted by molar-refractivity contribution is 0.276. The van der Waals surface area contributed by atoms with Crippen LogP contribution in [-0.2, 0) is 13.0 Å². The first-order valence-corrected chi connectivity index (χ1v) is 6.79. The van der Waals surface area contributed by atoms with Gasteiger partial charge in [0.1, 0.15) is 11.5 Å². The van der Waals surface area contributed by atoms with E-state index in [4.69, 9.17) is 9.84 Å². The fraction of sp³-hybridized carbons (Fsp3) is 0.200. The average molecular weight is 323 g/mol. The summed E-state index contributed by atoms with van der Waals surface area (Å²) in [6.45, 7) is 0.0684. The van der Waals surface area contributed by atoms with Crippen molar-refractivity contribution in [3.8, 4) is 11.5 Å². The molecule has 0 amide bonds. The van der Waals surface area contributed by atoms with E-state index < -0.39 is 0 Å². The van der Waals surface area contributed by atoms with E-state index in [-0.39, 0.29) is 13.2 Å². The Morgan fingerprint density at radius 3 is 2.37 bits per heavy atom. The van der Waals surface area contributed by atoms with Gasteiger partial charge >= 0.3 is 0 Å². The van der Waals surface area contributed by atoms with Crippen molar-refractivity contribution < 1.29 is 14.9 Å². The Kier molecular flexibility index (Phi) is 4.96. The van der Waals surface area contributed by atoms with E-state index in [0.717, 1.165) is 15.6 Å².